The first-order valence-corrected chi connectivity index (χ1v) is 8.47. The van der Waals surface area contributed by atoms with Crippen LogP contribution in [-0.4, -0.2) is 29.9 Å². The topological polar surface area (TPSA) is 58.2 Å². The molecule has 2 amide bonds. The molecule has 1 aliphatic carbocycles. The Morgan fingerprint density at radius 2 is 2.00 bits per heavy atom. The number of carbonyl (C=O) groups excluding carboxylic acids is 2. The van der Waals surface area contributed by atoms with E-state index < -0.39 is 0 Å². The van der Waals surface area contributed by atoms with Crippen molar-refractivity contribution in [3.05, 3.63) is 29.8 Å². The van der Waals surface area contributed by atoms with Crippen LogP contribution in [0.4, 0.5) is 5.69 Å². The van der Waals surface area contributed by atoms with E-state index in [1.54, 1.807) is 43.1 Å². The first kappa shape index (κ1) is 15.9. The lowest BCUT2D eigenvalue weighted by Gasteiger charge is -2.20. The van der Waals surface area contributed by atoms with E-state index in [1.807, 2.05) is 0 Å². The van der Waals surface area contributed by atoms with Crippen LogP contribution in [0.15, 0.2) is 24.3 Å². The fourth-order valence-corrected chi connectivity index (χ4v) is 3.63. The predicted molar refractivity (Wildman–Crippen MR) is 87.8 cm³/mol. The monoisotopic (exact) mass is 306 g/mol. The minimum Gasteiger partial charge on any atom is -0.355 e. The van der Waals surface area contributed by atoms with Crippen LogP contribution in [0.2, 0.25) is 0 Å². The predicted octanol–water partition coefficient (Wildman–Crippen LogP) is 3.05. The Hall–Kier alpha value is -1.49. The lowest BCUT2D eigenvalue weighted by molar-refractivity contribution is -0.113. The highest BCUT2D eigenvalue weighted by Gasteiger charge is 2.15. The summed E-state index contributed by atoms with van der Waals surface area (Å²) in [5, 5.41) is 6.06. The van der Waals surface area contributed by atoms with Gasteiger partial charge in [0, 0.05) is 23.5 Å². The number of hydrogen-bond acceptors (Lipinski definition) is 3. The summed E-state index contributed by atoms with van der Waals surface area (Å²) in [7, 11) is 1.59. The van der Waals surface area contributed by atoms with Crippen LogP contribution in [0.3, 0.4) is 0 Å². The molecule has 0 bridgehead atoms. The third-order valence-electron chi connectivity index (χ3n) is 3.64. The van der Waals surface area contributed by atoms with Crippen LogP contribution in [0.25, 0.3) is 0 Å². The second-order valence-corrected chi connectivity index (χ2v) is 6.57. The van der Waals surface area contributed by atoms with E-state index in [-0.39, 0.29) is 11.8 Å². The van der Waals surface area contributed by atoms with E-state index in [0.29, 0.717) is 22.3 Å². The molecule has 21 heavy (non-hydrogen) atoms. The first-order valence-electron chi connectivity index (χ1n) is 7.42. The molecule has 0 heterocycles. The van der Waals surface area contributed by atoms with Crippen molar-refractivity contribution < 1.29 is 9.59 Å². The van der Waals surface area contributed by atoms with Gasteiger partial charge < -0.3 is 10.6 Å². The van der Waals surface area contributed by atoms with Crippen LogP contribution in [-0.2, 0) is 4.79 Å². The molecule has 1 saturated carbocycles. The van der Waals surface area contributed by atoms with Gasteiger partial charge in [0.15, 0.2) is 0 Å². The molecule has 1 aromatic carbocycles. The molecule has 4 nitrogen and oxygen atoms in total. The summed E-state index contributed by atoms with van der Waals surface area (Å²) < 4.78 is 0. The molecule has 0 aliphatic heterocycles. The molecule has 0 atom stereocenters. The Bertz CT molecular complexity index is 499. The molecule has 0 aromatic heterocycles. The van der Waals surface area contributed by atoms with Gasteiger partial charge in [0.25, 0.3) is 5.91 Å². The Morgan fingerprint density at radius 1 is 1.24 bits per heavy atom. The van der Waals surface area contributed by atoms with Crippen LogP contribution < -0.4 is 10.6 Å². The van der Waals surface area contributed by atoms with Gasteiger partial charge in [0.2, 0.25) is 5.91 Å². The smallest absolute Gasteiger partial charge is 0.251 e. The molecular weight excluding hydrogens is 284 g/mol. The van der Waals surface area contributed by atoms with E-state index in [2.05, 4.69) is 10.6 Å². The minimum absolute atomic E-state index is 0.000342. The number of benzene rings is 1. The van der Waals surface area contributed by atoms with E-state index in [4.69, 9.17) is 0 Å². The number of nitrogens with one attached hydrogen (secondary N) is 2. The Balaban J connectivity index is 1.83. The van der Waals surface area contributed by atoms with Gasteiger partial charge in [-0.1, -0.05) is 25.3 Å². The van der Waals surface area contributed by atoms with Crippen molar-refractivity contribution in [2.75, 3.05) is 18.1 Å². The summed E-state index contributed by atoms with van der Waals surface area (Å²) in [6.45, 7) is 0. The zero-order valence-electron chi connectivity index (χ0n) is 12.4. The summed E-state index contributed by atoms with van der Waals surface area (Å²) in [5.74, 6) is 0.330. The van der Waals surface area contributed by atoms with Gasteiger partial charge in [-0.15, -0.1) is 11.8 Å². The number of rotatable bonds is 5. The van der Waals surface area contributed by atoms with E-state index in [0.717, 1.165) is 0 Å². The number of anilines is 1. The molecule has 0 saturated heterocycles. The van der Waals surface area contributed by atoms with Gasteiger partial charge >= 0.3 is 0 Å². The molecule has 5 heteroatoms. The maximum atomic E-state index is 12.0. The van der Waals surface area contributed by atoms with Gasteiger partial charge in [-0.2, -0.15) is 0 Å². The van der Waals surface area contributed by atoms with Gasteiger partial charge in [-0.05, 0) is 31.0 Å². The highest BCUT2D eigenvalue weighted by Crippen LogP contribution is 2.28. The lowest BCUT2D eigenvalue weighted by Crippen LogP contribution is -2.19. The SMILES string of the molecule is CNC(=O)c1cccc(NC(=O)CSC2CCCCC2)c1. The van der Waals surface area contributed by atoms with Crippen LogP contribution >= 0.6 is 11.8 Å². The Kier molecular flexibility index (Phi) is 6.11. The molecular formula is C16H22N2O2S. The fourth-order valence-electron chi connectivity index (χ4n) is 2.50. The molecule has 0 radical (unpaired) electrons. The highest BCUT2D eigenvalue weighted by molar-refractivity contribution is 8.00. The largest absolute Gasteiger partial charge is 0.355 e. The number of carbonyl (C=O) groups is 2. The van der Waals surface area contributed by atoms with Crippen LogP contribution in [0.1, 0.15) is 42.5 Å². The number of hydrogen-bond donors (Lipinski definition) is 2. The molecule has 114 valence electrons. The number of thioether (sulfide) groups is 1. The highest BCUT2D eigenvalue weighted by atomic mass is 32.2. The Labute approximate surface area is 130 Å². The average Bonchev–Trinajstić information content (AvgIpc) is 2.53. The van der Waals surface area contributed by atoms with Gasteiger partial charge in [0.05, 0.1) is 5.75 Å². The third-order valence-corrected chi connectivity index (χ3v) is 5.01. The van der Waals surface area contributed by atoms with Gasteiger partial charge in [-0.3, -0.25) is 9.59 Å². The lowest BCUT2D eigenvalue weighted by atomic mass is 10.0. The van der Waals surface area contributed by atoms with E-state index in [9.17, 15) is 9.59 Å². The van der Waals surface area contributed by atoms with Crippen molar-refractivity contribution >= 4 is 29.3 Å². The summed E-state index contributed by atoms with van der Waals surface area (Å²) in [6, 6.07) is 7.00. The average molecular weight is 306 g/mol. The summed E-state index contributed by atoms with van der Waals surface area (Å²) >= 11 is 1.75. The van der Waals surface area contributed by atoms with Crippen molar-refractivity contribution in [2.24, 2.45) is 0 Å². The molecule has 0 spiro atoms. The zero-order valence-corrected chi connectivity index (χ0v) is 13.2. The van der Waals surface area contributed by atoms with Crippen molar-refractivity contribution in [1.29, 1.82) is 0 Å². The maximum Gasteiger partial charge on any atom is 0.251 e. The molecule has 2 rings (SSSR count). The van der Waals surface area contributed by atoms with Crippen LogP contribution in [0.5, 0.6) is 0 Å². The van der Waals surface area contributed by atoms with Crippen LogP contribution in [0, 0.1) is 0 Å². The van der Waals surface area contributed by atoms with Crippen molar-refractivity contribution in [2.45, 2.75) is 37.4 Å². The van der Waals surface area contributed by atoms with E-state index in [1.165, 1.54) is 32.1 Å². The van der Waals surface area contributed by atoms with Gasteiger partial charge in [-0.25, -0.2) is 0 Å². The Morgan fingerprint density at radius 3 is 2.71 bits per heavy atom. The normalized spacial score (nSPS) is 15.5. The quantitative estimate of drug-likeness (QED) is 0.879. The fraction of sp³-hybridized carbons (Fsp3) is 0.500. The molecule has 2 N–H and O–H groups in total. The molecule has 1 fully saturated rings. The first-order chi connectivity index (χ1) is 10.2. The molecule has 1 aromatic rings. The van der Waals surface area contributed by atoms with Crippen molar-refractivity contribution in [3.8, 4) is 0 Å². The van der Waals surface area contributed by atoms with Crippen molar-refractivity contribution in [1.82, 2.24) is 5.32 Å². The molecule has 1 aliphatic rings. The minimum atomic E-state index is -0.150. The second kappa shape index (κ2) is 8.08. The maximum absolute atomic E-state index is 12.0. The number of amides is 2. The summed E-state index contributed by atoms with van der Waals surface area (Å²) in [5.41, 5.74) is 1.22. The van der Waals surface area contributed by atoms with Gasteiger partial charge in [0.1, 0.15) is 0 Å². The van der Waals surface area contributed by atoms with E-state index >= 15 is 0 Å². The molecule has 0 unspecified atom stereocenters. The zero-order chi connectivity index (χ0) is 15.1. The third kappa shape index (κ3) is 5.08. The summed E-state index contributed by atoms with van der Waals surface area (Å²) in [6.07, 6.45) is 6.35. The standard InChI is InChI=1S/C16H22N2O2S/c1-17-16(20)12-6-5-7-13(10-12)18-15(19)11-21-14-8-3-2-4-9-14/h5-7,10,14H,2-4,8-9,11H2,1H3,(H,17,20)(H,18,19). The second-order valence-electron chi connectivity index (χ2n) is 5.28. The summed E-state index contributed by atoms with van der Waals surface area (Å²) in [4.78, 5) is 23.5. The van der Waals surface area contributed by atoms with Crippen molar-refractivity contribution in [3.63, 3.8) is 0 Å².